The number of phenols is 1. The molecule has 2 N–H and O–H groups in total. The van der Waals surface area contributed by atoms with E-state index in [2.05, 4.69) is 10.3 Å². The van der Waals surface area contributed by atoms with Crippen LogP contribution in [0.15, 0.2) is 28.6 Å². The van der Waals surface area contributed by atoms with E-state index in [0.29, 0.717) is 17.5 Å². The molecule has 1 aromatic heterocycles. The Morgan fingerprint density at radius 3 is 2.80 bits per heavy atom. The molecule has 0 aliphatic carbocycles. The van der Waals surface area contributed by atoms with Gasteiger partial charge < -0.3 is 5.11 Å². The molecule has 106 valence electrons. The van der Waals surface area contributed by atoms with Crippen molar-refractivity contribution in [1.82, 2.24) is 4.98 Å². The van der Waals surface area contributed by atoms with Gasteiger partial charge in [-0.1, -0.05) is 18.3 Å². The molecule has 0 aliphatic heterocycles. The van der Waals surface area contributed by atoms with E-state index in [9.17, 15) is 18.3 Å². The number of aryl methyl sites for hydroxylation is 1. The van der Waals surface area contributed by atoms with Crippen molar-refractivity contribution in [2.75, 3.05) is 5.32 Å². The number of hydrogen-bond acceptors (Lipinski definition) is 6. The molecular formula is C12H12N2O4S2. The summed E-state index contributed by atoms with van der Waals surface area (Å²) in [4.78, 5) is 15.8. The molecule has 1 aromatic carbocycles. The molecule has 6 nitrogen and oxygen atoms in total. The molecule has 20 heavy (non-hydrogen) atoms. The van der Waals surface area contributed by atoms with E-state index < -0.39 is 16.6 Å². The molecule has 0 saturated heterocycles. The predicted molar refractivity (Wildman–Crippen MR) is 76.1 cm³/mol. The van der Waals surface area contributed by atoms with Gasteiger partial charge >= 0.3 is 0 Å². The second kappa shape index (κ2) is 6.02. The molecule has 0 spiro atoms. The van der Waals surface area contributed by atoms with E-state index >= 15 is 0 Å². The fourth-order valence-corrected chi connectivity index (χ4v) is 2.85. The molecule has 8 heteroatoms. The molecule has 0 bridgehead atoms. The Labute approximate surface area is 121 Å². The number of phenolic OH excluding ortho intramolecular Hbond substituents is 1. The second-order valence-electron chi connectivity index (χ2n) is 3.91. The number of hydrogen-bond donors (Lipinski definition) is 3. The third-order valence-electron chi connectivity index (χ3n) is 2.62. The van der Waals surface area contributed by atoms with E-state index in [-0.39, 0.29) is 15.1 Å². The van der Waals surface area contributed by atoms with Crippen LogP contribution in [0.25, 0.3) is 0 Å². The van der Waals surface area contributed by atoms with Crippen LogP contribution in [0, 0.1) is 0 Å². The average molecular weight is 312 g/mol. The summed E-state index contributed by atoms with van der Waals surface area (Å²) in [6.45, 7) is 1.87. The van der Waals surface area contributed by atoms with Gasteiger partial charge in [-0.05, 0) is 30.2 Å². The summed E-state index contributed by atoms with van der Waals surface area (Å²) in [5.74, 6) is -0.259. The van der Waals surface area contributed by atoms with E-state index in [0.717, 1.165) is 11.3 Å². The van der Waals surface area contributed by atoms with Crippen molar-refractivity contribution in [3.63, 3.8) is 0 Å². The second-order valence-corrected chi connectivity index (χ2v) is 6.24. The predicted octanol–water partition coefficient (Wildman–Crippen LogP) is 1.63. The molecule has 2 rings (SSSR count). The number of carbonyl (C=O) groups is 1. The van der Waals surface area contributed by atoms with Crippen molar-refractivity contribution in [2.24, 2.45) is 0 Å². The van der Waals surface area contributed by atoms with Gasteiger partial charge in [0, 0.05) is 5.56 Å². The highest BCUT2D eigenvalue weighted by Gasteiger charge is 2.11. The number of thiazole rings is 1. The zero-order valence-electron chi connectivity index (χ0n) is 10.5. The van der Waals surface area contributed by atoms with Gasteiger partial charge in [0.1, 0.15) is 9.96 Å². The fraction of sp³-hybridized carbons (Fsp3) is 0.167. The van der Waals surface area contributed by atoms with Crippen LogP contribution in [0.5, 0.6) is 5.75 Å². The number of nitrogens with zero attached hydrogens (tertiary/aromatic N) is 1. The number of nitrogens with one attached hydrogen (secondary N) is 1. The number of aromatic nitrogens is 1. The summed E-state index contributed by atoms with van der Waals surface area (Å²) in [6, 6.07) is 4.54. The number of rotatable bonds is 4. The van der Waals surface area contributed by atoms with E-state index in [1.54, 1.807) is 6.07 Å². The first-order chi connectivity index (χ1) is 9.51. The minimum atomic E-state index is -2.69. The molecule has 0 aliphatic rings. The molecule has 0 radical (unpaired) electrons. The van der Waals surface area contributed by atoms with Crippen LogP contribution in [-0.4, -0.2) is 24.4 Å². The van der Waals surface area contributed by atoms with Gasteiger partial charge in [0.25, 0.3) is 5.91 Å². The first-order valence-corrected chi connectivity index (χ1v) is 7.74. The van der Waals surface area contributed by atoms with Crippen LogP contribution in [0.4, 0.5) is 5.13 Å². The topological polar surface area (TPSA) is 96.4 Å². The maximum Gasteiger partial charge on any atom is 0.257 e. The summed E-state index contributed by atoms with van der Waals surface area (Å²) in [6.07, 6.45) is 1.80. The average Bonchev–Trinajstić information content (AvgIpc) is 2.88. The van der Waals surface area contributed by atoms with E-state index in [1.807, 2.05) is 6.92 Å². The Hall–Kier alpha value is -1.93. The van der Waals surface area contributed by atoms with Crippen LogP contribution in [-0.2, 0) is 17.1 Å². The van der Waals surface area contributed by atoms with Crippen molar-refractivity contribution < 1.29 is 18.3 Å². The molecule has 2 aromatic rings. The third kappa shape index (κ3) is 3.14. The zero-order valence-corrected chi connectivity index (χ0v) is 12.2. The maximum absolute atomic E-state index is 12.0. The summed E-state index contributed by atoms with van der Waals surface area (Å²) < 4.78 is 21.6. The van der Waals surface area contributed by atoms with Gasteiger partial charge in [0.2, 0.25) is 0 Å². The van der Waals surface area contributed by atoms with Gasteiger partial charge in [-0.25, -0.2) is 13.4 Å². The maximum atomic E-state index is 12.0. The highest BCUT2D eigenvalue weighted by Crippen LogP contribution is 2.22. The smallest absolute Gasteiger partial charge is 0.257 e. The highest BCUT2D eigenvalue weighted by atomic mass is 32.2. The standard InChI is InChI=1S/C12H12N2O4S2/c1-2-7-5-8(3-4-9(7)15)11(16)14-12-13-6-10(19-12)20(17)18/h3-6,15,20H,2H2,1H3,(H,13,14,16). The summed E-state index contributed by atoms with van der Waals surface area (Å²) in [5, 5.41) is 12.3. The van der Waals surface area contributed by atoms with Gasteiger partial charge in [0.15, 0.2) is 15.8 Å². The van der Waals surface area contributed by atoms with Crippen molar-refractivity contribution in [2.45, 2.75) is 17.6 Å². The molecule has 0 atom stereocenters. The van der Waals surface area contributed by atoms with Crippen molar-refractivity contribution in [3.8, 4) is 5.75 Å². The first kappa shape index (κ1) is 14.5. The number of carbonyl (C=O) groups excluding carboxylic acids is 1. The minimum Gasteiger partial charge on any atom is -0.508 e. The Morgan fingerprint density at radius 1 is 1.45 bits per heavy atom. The number of anilines is 1. The van der Waals surface area contributed by atoms with Gasteiger partial charge in [-0.2, -0.15) is 0 Å². The summed E-state index contributed by atoms with van der Waals surface area (Å²) in [5.41, 5.74) is 1.04. The lowest BCUT2D eigenvalue weighted by Gasteiger charge is -2.05. The molecule has 0 fully saturated rings. The molecule has 1 heterocycles. The number of aromatic hydroxyl groups is 1. The van der Waals surface area contributed by atoms with Crippen molar-refractivity contribution in [1.29, 1.82) is 0 Å². The third-order valence-corrected chi connectivity index (χ3v) is 4.53. The van der Waals surface area contributed by atoms with Crippen molar-refractivity contribution in [3.05, 3.63) is 35.5 Å². The Balaban J connectivity index is 2.19. The highest BCUT2D eigenvalue weighted by molar-refractivity contribution is 7.75. The van der Waals surface area contributed by atoms with E-state index in [4.69, 9.17) is 0 Å². The number of benzene rings is 1. The Kier molecular flexibility index (Phi) is 4.35. The lowest BCUT2D eigenvalue weighted by molar-refractivity contribution is 0.102. The lowest BCUT2D eigenvalue weighted by atomic mass is 10.1. The largest absolute Gasteiger partial charge is 0.508 e. The van der Waals surface area contributed by atoms with Crippen LogP contribution < -0.4 is 5.32 Å². The van der Waals surface area contributed by atoms with Gasteiger partial charge in [-0.3, -0.25) is 10.1 Å². The van der Waals surface area contributed by atoms with E-state index in [1.165, 1.54) is 18.3 Å². The van der Waals surface area contributed by atoms with Crippen molar-refractivity contribution >= 4 is 33.1 Å². The fourth-order valence-electron chi connectivity index (χ4n) is 1.59. The molecule has 1 amide bonds. The summed E-state index contributed by atoms with van der Waals surface area (Å²) in [7, 11) is -2.69. The quantitative estimate of drug-likeness (QED) is 0.746. The molecule has 0 saturated carbocycles. The monoisotopic (exact) mass is 312 g/mol. The summed E-state index contributed by atoms with van der Waals surface area (Å²) >= 11 is 0.888. The van der Waals surface area contributed by atoms with Crippen LogP contribution in [0.2, 0.25) is 0 Å². The van der Waals surface area contributed by atoms with Gasteiger partial charge in [-0.15, -0.1) is 0 Å². The van der Waals surface area contributed by atoms with Gasteiger partial charge in [0.05, 0.1) is 6.20 Å². The molecule has 0 unspecified atom stereocenters. The Morgan fingerprint density at radius 2 is 2.20 bits per heavy atom. The van der Waals surface area contributed by atoms with Crippen LogP contribution in [0.3, 0.4) is 0 Å². The Bertz CT molecular complexity index is 714. The molecular weight excluding hydrogens is 300 g/mol. The number of amides is 1. The SMILES string of the molecule is CCc1cc(C(=O)Nc2ncc([SH](=O)=O)s2)ccc1O. The zero-order chi connectivity index (χ0) is 14.7. The minimum absolute atomic E-state index is 0.0928. The normalized spacial score (nSPS) is 10.7. The lowest BCUT2D eigenvalue weighted by Crippen LogP contribution is -2.11. The first-order valence-electron chi connectivity index (χ1n) is 5.74. The number of thiol groups is 1. The van der Waals surface area contributed by atoms with Crippen LogP contribution >= 0.6 is 11.3 Å². The van der Waals surface area contributed by atoms with Crippen LogP contribution in [0.1, 0.15) is 22.8 Å².